The molecule has 3 N–H and O–H groups in total. The third-order valence-electron chi connectivity index (χ3n) is 2.36. The second-order valence-electron chi connectivity index (χ2n) is 3.50. The van der Waals surface area contributed by atoms with E-state index in [1.165, 1.54) is 0 Å². The van der Waals surface area contributed by atoms with Gasteiger partial charge in [-0.3, -0.25) is 0 Å². The van der Waals surface area contributed by atoms with E-state index in [2.05, 4.69) is 4.65 Å². The second kappa shape index (κ2) is 3.27. The van der Waals surface area contributed by atoms with Crippen molar-refractivity contribution in [1.82, 2.24) is 0 Å². The largest absolute Gasteiger partial charge is 0.707 e. The quantitative estimate of drug-likeness (QED) is 0.593. The Morgan fingerprint density at radius 3 is 2.14 bits per heavy atom. The Bertz CT molecular complexity index is 318. The topological polar surface area (TPSA) is 69.9 Å². The van der Waals surface area contributed by atoms with Crippen LogP contribution in [-0.4, -0.2) is 22.5 Å². The molecule has 14 heavy (non-hydrogen) atoms. The highest BCUT2D eigenvalue weighted by molar-refractivity contribution is 6.33. The van der Waals surface area contributed by atoms with E-state index in [0.29, 0.717) is 5.75 Å². The van der Waals surface area contributed by atoms with Gasteiger partial charge in [-0.15, -0.1) is 0 Å². The average molecular weight is 194 g/mol. The minimum Gasteiger partial charge on any atom is -0.512 e. The van der Waals surface area contributed by atoms with Gasteiger partial charge in [0, 0.05) is 0 Å². The SMILES string of the molecule is OB(O)Oc1ccc(C2(O)CC2)cc1. The van der Waals surface area contributed by atoms with E-state index >= 15 is 0 Å². The van der Waals surface area contributed by atoms with E-state index in [1.54, 1.807) is 24.3 Å². The minimum atomic E-state index is -1.80. The van der Waals surface area contributed by atoms with Gasteiger partial charge in [0.15, 0.2) is 0 Å². The molecule has 0 heterocycles. The molecule has 5 heteroatoms. The Kier molecular flexibility index (Phi) is 2.22. The molecule has 0 radical (unpaired) electrons. The standard InChI is InChI=1S/C9H11BO4/c11-9(5-6-9)7-1-3-8(4-2-7)14-10(12)13/h1-4,11-13H,5-6H2. The molecule has 0 saturated heterocycles. The molecule has 1 fully saturated rings. The zero-order valence-corrected chi connectivity index (χ0v) is 7.55. The van der Waals surface area contributed by atoms with Crippen molar-refractivity contribution in [2.45, 2.75) is 18.4 Å². The summed E-state index contributed by atoms with van der Waals surface area (Å²) in [5, 5.41) is 26.8. The van der Waals surface area contributed by atoms with Gasteiger partial charge in [-0.05, 0) is 30.5 Å². The van der Waals surface area contributed by atoms with Crippen LogP contribution in [0.3, 0.4) is 0 Å². The highest BCUT2D eigenvalue weighted by atomic mass is 16.6. The number of hydrogen-bond donors (Lipinski definition) is 3. The maximum absolute atomic E-state index is 9.73. The molecular weight excluding hydrogens is 183 g/mol. The van der Waals surface area contributed by atoms with E-state index in [-0.39, 0.29) is 0 Å². The van der Waals surface area contributed by atoms with Gasteiger partial charge in [-0.1, -0.05) is 12.1 Å². The van der Waals surface area contributed by atoms with Crippen LogP contribution in [-0.2, 0) is 5.60 Å². The molecule has 0 aromatic heterocycles. The first-order valence-electron chi connectivity index (χ1n) is 4.46. The molecule has 0 spiro atoms. The summed E-state index contributed by atoms with van der Waals surface area (Å²) in [6.45, 7) is 0. The van der Waals surface area contributed by atoms with Crippen LogP contribution in [0.25, 0.3) is 0 Å². The van der Waals surface area contributed by atoms with Crippen molar-refractivity contribution in [3.63, 3.8) is 0 Å². The number of hydrogen-bond acceptors (Lipinski definition) is 4. The summed E-state index contributed by atoms with van der Waals surface area (Å²) in [4.78, 5) is 0. The highest BCUT2D eigenvalue weighted by Crippen LogP contribution is 2.45. The summed E-state index contributed by atoms with van der Waals surface area (Å²) in [5.74, 6) is 0.369. The molecule has 1 aliphatic rings. The fourth-order valence-corrected chi connectivity index (χ4v) is 1.37. The van der Waals surface area contributed by atoms with Crippen LogP contribution in [0.1, 0.15) is 18.4 Å². The molecule has 0 atom stereocenters. The van der Waals surface area contributed by atoms with E-state index in [0.717, 1.165) is 18.4 Å². The second-order valence-corrected chi connectivity index (χ2v) is 3.50. The Balaban J connectivity index is 2.10. The summed E-state index contributed by atoms with van der Waals surface area (Å²) in [6, 6.07) is 6.66. The Morgan fingerprint density at radius 1 is 1.14 bits per heavy atom. The van der Waals surface area contributed by atoms with E-state index in [9.17, 15) is 5.11 Å². The molecule has 1 saturated carbocycles. The van der Waals surface area contributed by atoms with Crippen LogP contribution in [0.4, 0.5) is 0 Å². The molecular formula is C9H11BO4. The summed E-state index contributed by atoms with van der Waals surface area (Å²) in [5.41, 5.74) is 0.188. The fraction of sp³-hybridized carbons (Fsp3) is 0.333. The lowest BCUT2D eigenvalue weighted by atomic mass is 10.1. The van der Waals surface area contributed by atoms with Crippen LogP contribution in [0, 0.1) is 0 Å². The van der Waals surface area contributed by atoms with Gasteiger partial charge >= 0.3 is 7.32 Å². The molecule has 2 rings (SSSR count). The molecule has 0 amide bonds. The number of benzene rings is 1. The van der Waals surface area contributed by atoms with Gasteiger partial charge in [-0.2, -0.15) is 0 Å². The van der Waals surface area contributed by atoms with Gasteiger partial charge in [-0.25, -0.2) is 0 Å². The van der Waals surface area contributed by atoms with Gasteiger partial charge in [0.25, 0.3) is 0 Å². The van der Waals surface area contributed by atoms with Crippen molar-refractivity contribution in [3.8, 4) is 5.75 Å². The van der Waals surface area contributed by atoms with Gasteiger partial charge in [0.1, 0.15) is 5.75 Å². The molecule has 4 nitrogen and oxygen atoms in total. The third-order valence-corrected chi connectivity index (χ3v) is 2.36. The Morgan fingerprint density at radius 2 is 1.71 bits per heavy atom. The maximum atomic E-state index is 9.73. The third kappa shape index (κ3) is 1.90. The predicted octanol–water partition coefficient (Wildman–Crippen LogP) is 0.0163. The normalized spacial score (nSPS) is 17.6. The van der Waals surface area contributed by atoms with Crippen molar-refractivity contribution in [3.05, 3.63) is 29.8 Å². The first-order valence-corrected chi connectivity index (χ1v) is 4.46. The zero-order chi connectivity index (χ0) is 10.2. The summed E-state index contributed by atoms with van der Waals surface area (Å²) < 4.78 is 4.63. The van der Waals surface area contributed by atoms with E-state index < -0.39 is 12.9 Å². The van der Waals surface area contributed by atoms with Crippen molar-refractivity contribution in [2.24, 2.45) is 0 Å². The molecule has 74 valence electrons. The van der Waals surface area contributed by atoms with E-state index in [1.807, 2.05) is 0 Å². The fourth-order valence-electron chi connectivity index (χ4n) is 1.37. The summed E-state index contributed by atoms with van der Waals surface area (Å²) >= 11 is 0. The van der Waals surface area contributed by atoms with Crippen LogP contribution in [0.5, 0.6) is 5.75 Å². The van der Waals surface area contributed by atoms with Crippen molar-refractivity contribution in [2.75, 3.05) is 0 Å². The molecule has 1 aromatic carbocycles. The molecule has 1 aromatic rings. The van der Waals surface area contributed by atoms with Crippen molar-refractivity contribution in [1.29, 1.82) is 0 Å². The van der Waals surface area contributed by atoms with Gasteiger partial charge < -0.3 is 19.8 Å². The summed E-state index contributed by atoms with van der Waals surface area (Å²) in [7, 11) is -1.80. The lowest BCUT2D eigenvalue weighted by molar-refractivity contribution is 0.151. The molecule has 0 unspecified atom stereocenters. The van der Waals surface area contributed by atoms with Crippen molar-refractivity contribution < 1.29 is 19.8 Å². The van der Waals surface area contributed by atoms with Crippen LogP contribution >= 0.6 is 0 Å². The van der Waals surface area contributed by atoms with Gasteiger partial charge in [0.05, 0.1) is 5.60 Å². The first kappa shape index (κ1) is 9.52. The van der Waals surface area contributed by atoms with Gasteiger partial charge in [0.2, 0.25) is 0 Å². The molecule has 0 aliphatic heterocycles. The Hall–Kier alpha value is -1.04. The van der Waals surface area contributed by atoms with E-state index in [4.69, 9.17) is 10.0 Å². The number of rotatable bonds is 3. The average Bonchev–Trinajstić information content (AvgIpc) is 2.85. The summed E-state index contributed by atoms with van der Waals surface area (Å²) in [6.07, 6.45) is 1.58. The van der Waals surface area contributed by atoms with Crippen LogP contribution in [0.15, 0.2) is 24.3 Å². The minimum absolute atomic E-state index is 0.369. The monoisotopic (exact) mass is 194 g/mol. The maximum Gasteiger partial charge on any atom is 0.707 e. The predicted molar refractivity (Wildman–Crippen MR) is 50.4 cm³/mol. The Labute approximate surface area is 81.9 Å². The zero-order valence-electron chi connectivity index (χ0n) is 7.55. The van der Waals surface area contributed by atoms with Crippen LogP contribution in [0.2, 0.25) is 0 Å². The lowest BCUT2D eigenvalue weighted by Crippen LogP contribution is -2.20. The lowest BCUT2D eigenvalue weighted by Gasteiger charge is -2.09. The first-order chi connectivity index (χ1) is 6.60. The smallest absolute Gasteiger partial charge is 0.512 e. The van der Waals surface area contributed by atoms with Crippen molar-refractivity contribution >= 4 is 7.32 Å². The number of aliphatic hydroxyl groups is 1. The highest BCUT2D eigenvalue weighted by Gasteiger charge is 2.41. The molecule has 1 aliphatic carbocycles. The van der Waals surface area contributed by atoms with Crippen LogP contribution < -0.4 is 4.65 Å². The molecule has 0 bridgehead atoms.